The molecule has 210 valence electrons. The maximum Gasteiger partial charge on any atom is 0.461 e. The number of rotatable bonds is 10. The molecule has 3 aromatic carbocycles. The summed E-state index contributed by atoms with van der Waals surface area (Å²) in [5.41, 5.74) is 3.36. The van der Waals surface area contributed by atoms with Crippen LogP contribution in [0.25, 0.3) is 0 Å². The predicted molar refractivity (Wildman–Crippen MR) is 122 cm³/mol. The third-order valence-corrected chi connectivity index (χ3v) is 5.68. The summed E-state index contributed by atoms with van der Waals surface area (Å²) in [5.74, 6) is -4.42. The lowest BCUT2D eigenvalue weighted by molar-refractivity contribution is -0.253. The van der Waals surface area contributed by atoms with E-state index in [1.807, 2.05) is 0 Å². The Kier molecular flexibility index (Phi) is 8.84. The van der Waals surface area contributed by atoms with Crippen LogP contribution in [0, 0.1) is 11.6 Å². The van der Waals surface area contributed by atoms with E-state index in [2.05, 4.69) is 10.1 Å². The summed E-state index contributed by atoms with van der Waals surface area (Å²) in [6.45, 7) is 0. The van der Waals surface area contributed by atoms with E-state index in [-0.39, 0.29) is 12.0 Å². The van der Waals surface area contributed by atoms with Gasteiger partial charge in [-0.05, 0) is 35.4 Å². The fourth-order valence-electron chi connectivity index (χ4n) is 3.93. The van der Waals surface area contributed by atoms with Gasteiger partial charge >= 0.3 is 18.7 Å². The Morgan fingerprint density at radius 3 is 2.05 bits per heavy atom. The first kappa shape index (κ1) is 29.8. The number of amides is 1. The normalized spacial score (nSPS) is 14.5. The zero-order chi connectivity index (χ0) is 29.0. The number of carbonyl (C=O) groups is 1. The molecular formula is C26H21F9N2O2. The Hall–Kier alpha value is -3.74. The van der Waals surface area contributed by atoms with Crippen molar-refractivity contribution >= 4 is 5.91 Å². The number of alkyl halides is 7. The number of nitrogens with one attached hydrogen (secondary N) is 1. The minimum absolute atomic E-state index is 0.00853. The maximum atomic E-state index is 15.6. The molecule has 13 heteroatoms. The molecule has 0 fully saturated rings. The van der Waals surface area contributed by atoms with Crippen molar-refractivity contribution < 1.29 is 49.0 Å². The van der Waals surface area contributed by atoms with E-state index in [1.54, 1.807) is 30.3 Å². The molecule has 3 N–H and O–H groups in total. The minimum atomic E-state index is -4.95. The molecule has 3 aromatic rings. The standard InChI is InChI=1S/C26H21F9N2O2/c27-17-8-6-16(7-9-17)24(13-15-4-2-1-3-5-15,37-22(38)21(36)14-25(31,32)33)19-11-10-18(12-20(19)28)39-26(34,35)23(29)30/h1-12,21,23H,13-14,36H2,(H,37,38)/t21?,24-/m1/s1. The third-order valence-electron chi connectivity index (χ3n) is 5.68. The van der Waals surface area contributed by atoms with E-state index in [4.69, 9.17) is 5.73 Å². The molecule has 1 amide bonds. The van der Waals surface area contributed by atoms with Crippen LogP contribution in [0.2, 0.25) is 0 Å². The van der Waals surface area contributed by atoms with Gasteiger partial charge in [0.2, 0.25) is 5.91 Å². The highest BCUT2D eigenvalue weighted by Crippen LogP contribution is 2.38. The summed E-state index contributed by atoms with van der Waals surface area (Å²) < 4.78 is 124. The van der Waals surface area contributed by atoms with Gasteiger partial charge in [0.25, 0.3) is 0 Å². The highest BCUT2D eigenvalue weighted by Gasteiger charge is 2.45. The fraction of sp³-hybridized carbons (Fsp3) is 0.269. The molecule has 0 heterocycles. The summed E-state index contributed by atoms with van der Waals surface area (Å²) in [6, 6.07) is 11.9. The number of hydrogen-bond acceptors (Lipinski definition) is 3. The van der Waals surface area contributed by atoms with Gasteiger partial charge < -0.3 is 15.8 Å². The number of hydrogen-bond donors (Lipinski definition) is 2. The van der Waals surface area contributed by atoms with E-state index in [9.17, 15) is 39.9 Å². The van der Waals surface area contributed by atoms with Crippen molar-refractivity contribution in [3.63, 3.8) is 0 Å². The molecule has 0 bridgehead atoms. The SMILES string of the molecule is NC(CC(F)(F)F)C(=O)N[C@](Cc1ccccc1)(c1ccc(F)cc1)c1ccc(OC(F)(F)C(F)F)cc1F. The zero-order valence-corrected chi connectivity index (χ0v) is 19.8. The molecule has 0 saturated carbocycles. The Morgan fingerprint density at radius 2 is 1.51 bits per heavy atom. The first-order valence-electron chi connectivity index (χ1n) is 11.2. The summed E-state index contributed by atoms with van der Waals surface area (Å²) in [5, 5.41) is 2.34. The van der Waals surface area contributed by atoms with Gasteiger partial charge in [-0.1, -0.05) is 42.5 Å². The van der Waals surface area contributed by atoms with Crippen LogP contribution in [0.15, 0.2) is 72.8 Å². The van der Waals surface area contributed by atoms with Gasteiger partial charge in [-0.25, -0.2) is 8.78 Å². The van der Waals surface area contributed by atoms with Crippen molar-refractivity contribution in [3.8, 4) is 5.75 Å². The molecule has 4 nitrogen and oxygen atoms in total. The largest absolute Gasteiger partial charge is 0.461 e. The first-order valence-corrected chi connectivity index (χ1v) is 11.2. The molecule has 0 saturated heterocycles. The van der Waals surface area contributed by atoms with Gasteiger partial charge in [0.15, 0.2) is 0 Å². The summed E-state index contributed by atoms with van der Waals surface area (Å²) in [6.07, 6.45) is -16.1. The number of ether oxygens (including phenoxy) is 1. The summed E-state index contributed by atoms with van der Waals surface area (Å²) >= 11 is 0. The lowest BCUT2D eigenvalue weighted by Gasteiger charge is -2.37. The first-order chi connectivity index (χ1) is 18.1. The average molecular weight is 564 g/mol. The van der Waals surface area contributed by atoms with Crippen LogP contribution >= 0.6 is 0 Å². The highest BCUT2D eigenvalue weighted by atomic mass is 19.4. The predicted octanol–water partition coefficient (Wildman–Crippen LogP) is 6.08. The third kappa shape index (κ3) is 7.43. The van der Waals surface area contributed by atoms with Crippen molar-refractivity contribution in [1.29, 1.82) is 0 Å². The Balaban J connectivity index is 2.20. The van der Waals surface area contributed by atoms with Crippen LogP contribution in [0.1, 0.15) is 23.1 Å². The van der Waals surface area contributed by atoms with Crippen molar-refractivity contribution in [1.82, 2.24) is 5.32 Å². The van der Waals surface area contributed by atoms with Crippen molar-refractivity contribution in [2.75, 3.05) is 0 Å². The molecule has 0 aliphatic carbocycles. The molecule has 0 radical (unpaired) electrons. The van der Waals surface area contributed by atoms with Gasteiger partial charge in [0, 0.05) is 18.1 Å². The Labute approximate surface area is 216 Å². The number of carbonyl (C=O) groups excluding carboxylic acids is 1. The van der Waals surface area contributed by atoms with E-state index >= 15 is 4.39 Å². The second kappa shape index (κ2) is 11.6. The average Bonchev–Trinajstić information content (AvgIpc) is 2.83. The van der Waals surface area contributed by atoms with Gasteiger partial charge in [-0.2, -0.15) is 30.7 Å². The van der Waals surface area contributed by atoms with Crippen molar-refractivity contribution in [2.24, 2.45) is 5.73 Å². The molecule has 3 rings (SSSR count). The van der Waals surface area contributed by atoms with E-state index < -0.39 is 65.6 Å². The topological polar surface area (TPSA) is 64.4 Å². The van der Waals surface area contributed by atoms with E-state index in [0.717, 1.165) is 36.4 Å². The molecule has 0 spiro atoms. The van der Waals surface area contributed by atoms with Gasteiger partial charge in [0.05, 0.1) is 18.0 Å². The summed E-state index contributed by atoms with van der Waals surface area (Å²) in [4.78, 5) is 12.9. The summed E-state index contributed by atoms with van der Waals surface area (Å²) in [7, 11) is 0. The molecular weight excluding hydrogens is 543 g/mol. The van der Waals surface area contributed by atoms with Gasteiger partial charge in [0.1, 0.15) is 17.4 Å². The van der Waals surface area contributed by atoms with Crippen LogP contribution in [-0.4, -0.2) is 30.7 Å². The van der Waals surface area contributed by atoms with Crippen LogP contribution in [0.5, 0.6) is 5.75 Å². The van der Waals surface area contributed by atoms with Crippen LogP contribution in [0.4, 0.5) is 39.5 Å². The quantitative estimate of drug-likeness (QED) is 0.294. The number of nitrogens with two attached hydrogens (primary N) is 1. The second-order valence-electron chi connectivity index (χ2n) is 8.60. The second-order valence-corrected chi connectivity index (χ2v) is 8.60. The minimum Gasteiger partial charge on any atom is -0.428 e. The lowest BCUT2D eigenvalue weighted by atomic mass is 9.77. The molecule has 0 aromatic heterocycles. The van der Waals surface area contributed by atoms with Crippen LogP contribution < -0.4 is 15.8 Å². The Bertz CT molecular complexity index is 1270. The maximum absolute atomic E-state index is 15.6. The van der Waals surface area contributed by atoms with Crippen LogP contribution in [-0.2, 0) is 16.8 Å². The highest BCUT2D eigenvalue weighted by molar-refractivity contribution is 5.83. The van der Waals surface area contributed by atoms with Gasteiger partial charge in [-0.15, -0.1) is 0 Å². The molecule has 1 unspecified atom stereocenters. The van der Waals surface area contributed by atoms with Crippen molar-refractivity contribution in [2.45, 2.75) is 43.1 Å². The molecule has 0 aliphatic heterocycles. The van der Waals surface area contributed by atoms with Crippen molar-refractivity contribution in [3.05, 3.63) is 101 Å². The lowest BCUT2D eigenvalue weighted by Crippen LogP contribution is -2.54. The smallest absolute Gasteiger partial charge is 0.428 e. The fourth-order valence-corrected chi connectivity index (χ4v) is 3.93. The number of halogens is 9. The van der Waals surface area contributed by atoms with E-state index in [0.29, 0.717) is 11.6 Å². The zero-order valence-electron chi connectivity index (χ0n) is 19.8. The number of benzene rings is 3. The molecule has 2 atom stereocenters. The van der Waals surface area contributed by atoms with Crippen LogP contribution in [0.3, 0.4) is 0 Å². The monoisotopic (exact) mass is 564 g/mol. The van der Waals surface area contributed by atoms with Gasteiger partial charge in [-0.3, -0.25) is 4.79 Å². The molecule has 0 aliphatic rings. The Morgan fingerprint density at radius 1 is 0.897 bits per heavy atom. The van der Waals surface area contributed by atoms with E-state index in [1.165, 1.54) is 0 Å². The molecule has 39 heavy (non-hydrogen) atoms.